The number of benzene rings is 2. The van der Waals surface area contributed by atoms with Gasteiger partial charge >= 0.3 is 0 Å². The van der Waals surface area contributed by atoms with E-state index in [9.17, 15) is 4.79 Å². The van der Waals surface area contributed by atoms with E-state index in [2.05, 4.69) is 53.8 Å². The first-order valence-corrected chi connectivity index (χ1v) is 7.72. The van der Waals surface area contributed by atoms with E-state index in [0.29, 0.717) is 11.5 Å². The Balaban J connectivity index is 1.90. The van der Waals surface area contributed by atoms with Gasteiger partial charge in [0.05, 0.1) is 16.6 Å². The van der Waals surface area contributed by atoms with Gasteiger partial charge in [-0.1, -0.05) is 12.1 Å². The minimum atomic E-state index is -0.200. The average Bonchev–Trinajstić information content (AvgIpc) is 2.83. The summed E-state index contributed by atoms with van der Waals surface area (Å²) in [5.74, 6) is 0.247. The highest BCUT2D eigenvalue weighted by molar-refractivity contribution is 14.1. The molecule has 0 radical (unpaired) electrons. The van der Waals surface area contributed by atoms with Crippen molar-refractivity contribution >= 4 is 61.4 Å². The normalized spacial score (nSPS) is 10.7. The Hall–Kier alpha value is -1.41. The molecule has 3 rings (SSSR count). The standard InChI is InChI=1S/C14H9BrIN3O/c15-10-6-5-8(16)7-9(10)13(20)19-14-17-11-3-1-2-4-12(11)18-14/h1-7H,(H2,17,18,19,20). The number of amides is 1. The van der Waals surface area contributed by atoms with Crippen LogP contribution >= 0.6 is 38.5 Å². The Kier molecular flexibility index (Phi) is 3.75. The number of aromatic amines is 1. The van der Waals surface area contributed by atoms with Gasteiger partial charge in [-0.2, -0.15) is 0 Å². The number of H-pyrrole nitrogens is 1. The molecule has 1 heterocycles. The molecule has 0 saturated heterocycles. The van der Waals surface area contributed by atoms with Gasteiger partial charge in [-0.15, -0.1) is 0 Å². The van der Waals surface area contributed by atoms with Gasteiger partial charge in [0.25, 0.3) is 5.91 Å². The van der Waals surface area contributed by atoms with Gasteiger partial charge in [-0.05, 0) is 68.9 Å². The van der Waals surface area contributed by atoms with E-state index >= 15 is 0 Å². The molecule has 0 aliphatic rings. The summed E-state index contributed by atoms with van der Waals surface area (Å²) in [6, 6.07) is 13.2. The molecule has 0 aliphatic heterocycles. The summed E-state index contributed by atoms with van der Waals surface area (Å²) in [4.78, 5) is 19.7. The summed E-state index contributed by atoms with van der Waals surface area (Å²) in [5.41, 5.74) is 2.30. The van der Waals surface area contributed by atoms with Crippen LogP contribution in [0.5, 0.6) is 0 Å². The molecule has 2 aromatic carbocycles. The number of rotatable bonds is 2. The molecule has 0 fully saturated rings. The lowest BCUT2D eigenvalue weighted by molar-refractivity contribution is 0.102. The van der Waals surface area contributed by atoms with Crippen molar-refractivity contribution in [1.29, 1.82) is 0 Å². The van der Waals surface area contributed by atoms with Crippen LogP contribution in [0.2, 0.25) is 0 Å². The molecule has 1 amide bonds. The molecule has 20 heavy (non-hydrogen) atoms. The summed E-state index contributed by atoms with van der Waals surface area (Å²) in [5, 5.41) is 2.78. The zero-order valence-corrected chi connectivity index (χ0v) is 13.9. The molecule has 0 bridgehead atoms. The van der Waals surface area contributed by atoms with Crippen LogP contribution in [0.15, 0.2) is 46.9 Å². The number of carbonyl (C=O) groups excluding carboxylic acids is 1. The van der Waals surface area contributed by atoms with Crippen LogP contribution in [0.3, 0.4) is 0 Å². The molecule has 1 aromatic heterocycles. The molecular weight excluding hydrogens is 433 g/mol. The third-order valence-electron chi connectivity index (χ3n) is 2.79. The topological polar surface area (TPSA) is 57.8 Å². The Morgan fingerprint density at radius 2 is 2.05 bits per heavy atom. The maximum atomic E-state index is 12.3. The number of imidazole rings is 1. The van der Waals surface area contributed by atoms with Crippen molar-refractivity contribution in [1.82, 2.24) is 9.97 Å². The maximum Gasteiger partial charge on any atom is 0.259 e. The van der Waals surface area contributed by atoms with E-state index in [4.69, 9.17) is 0 Å². The Labute approximate surface area is 137 Å². The molecular formula is C14H9BrIN3O. The fraction of sp³-hybridized carbons (Fsp3) is 0. The molecule has 6 heteroatoms. The van der Waals surface area contributed by atoms with Crippen molar-refractivity contribution in [2.24, 2.45) is 0 Å². The lowest BCUT2D eigenvalue weighted by Crippen LogP contribution is -2.13. The highest BCUT2D eigenvalue weighted by atomic mass is 127. The van der Waals surface area contributed by atoms with E-state index < -0.39 is 0 Å². The van der Waals surface area contributed by atoms with E-state index in [0.717, 1.165) is 19.1 Å². The second-order valence-corrected chi connectivity index (χ2v) is 6.28. The summed E-state index contributed by atoms with van der Waals surface area (Å²) < 4.78 is 1.76. The number of nitrogens with one attached hydrogen (secondary N) is 2. The van der Waals surface area contributed by atoms with Gasteiger partial charge in [0, 0.05) is 8.04 Å². The first-order valence-electron chi connectivity index (χ1n) is 5.84. The highest BCUT2D eigenvalue weighted by Gasteiger charge is 2.12. The van der Waals surface area contributed by atoms with Gasteiger partial charge in [-0.3, -0.25) is 10.1 Å². The SMILES string of the molecule is O=C(Nc1nc2ccccc2[nH]1)c1cc(I)ccc1Br. The minimum absolute atomic E-state index is 0.200. The van der Waals surface area contributed by atoms with Crippen molar-refractivity contribution < 1.29 is 4.79 Å². The van der Waals surface area contributed by atoms with Crippen LogP contribution in [0.25, 0.3) is 11.0 Å². The number of halogens is 2. The Morgan fingerprint density at radius 3 is 2.85 bits per heavy atom. The van der Waals surface area contributed by atoms with Crippen LogP contribution in [-0.4, -0.2) is 15.9 Å². The minimum Gasteiger partial charge on any atom is -0.324 e. The number of carbonyl (C=O) groups is 1. The second-order valence-electron chi connectivity index (χ2n) is 4.18. The van der Waals surface area contributed by atoms with Crippen LogP contribution in [-0.2, 0) is 0 Å². The van der Waals surface area contributed by atoms with E-state index in [1.165, 1.54) is 0 Å². The first kappa shape index (κ1) is 13.6. The number of aromatic nitrogens is 2. The number of fused-ring (bicyclic) bond motifs is 1. The first-order chi connectivity index (χ1) is 9.63. The van der Waals surface area contributed by atoms with Gasteiger partial charge in [0.15, 0.2) is 0 Å². The van der Waals surface area contributed by atoms with Gasteiger partial charge in [0.1, 0.15) is 0 Å². The molecule has 0 unspecified atom stereocenters. The van der Waals surface area contributed by atoms with Crippen molar-refractivity contribution in [3.63, 3.8) is 0 Å². The van der Waals surface area contributed by atoms with Gasteiger partial charge < -0.3 is 4.98 Å². The van der Waals surface area contributed by atoms with Crippen LogP contribution in [0.1, 0.15) is 10.4 Å². The second kappa shape index (κ2) is 5.53. The molecule has 4 nitrogen and oxygen atoms in total. The fourth-order valence-corrected chi connectivity index (χ4v) is 2.78. The molecule has 3 aromatic rings. The summed E-state index contributed by atoms with van der Waals surface area (Å²) >= 11 is 5.56. The largest absolute Gasteiger partial charge is 0.324 e. The number of hydrogen-bond acceptors (Lipinski definition) is 2. The number of anilines is 1. The van der Waals surface area contributed by atoms with E-state index in [-0.39, 0.29) is 5.91 Å². The smallest absolute Gasteiger partial charge is 0.259 e. The number of hydrogen-bond donors (Lipinski definition) is 2. The van der Waals surface area contributed by atoms with Crippen molar-refractivity contribution in [3.05, 3.63) is 56.1 Å². The highest BCUT2D eigenvalue weighted by Crippen LogP contribution is 2.21. The van der Waals surface area contributed by atoms with Crippen LogP contribution in [0, 0.1) is 3.57 Å². The quantitative estimate of drug-likeness (QED) is 0.586. The monoisotopic (exact) mass is 441 g/mol. The molecule has 0 spiro atoms. The molecule has 100 valence electrons. The summed E-state index contributed by atoms with van der Waals surface area (Å²) in [6.45, 7) is 0. The number of nitrogens with zero attached hydrogens (tertiary/aromatic N) is 1. The molecule has 2 N–H and O–H groups in total. The zero-order chi connectivity index (χ0) is 14.1. The summed E-state index contributed by atoms with van der Waals surface area (Å²) in [7, 11) is 0. The van der Waals surface area contributed by atoms with Crippen molar-refractivity contribution in [2.75, 3.05) is 5.32 Å². The van der Waals surface area contributed by atoms with Crippen LogP contribution < -0.4 is 5.32 Å². The third-order valence-corrected chi connectivity index (χ3v) is 4.16. The maximum absolute atomic E-state index is 12.3. The molecule has 0 aliphatic carbocycles. The summed E-state index contributed by atoms with van der Waals surface area (Å²) in [6.07, 6.45) is 0. The molecule has 0 saturated carbocycles. The fourth-order valence-electron chi connectivity index (χ4n) is 1.86. The van der Waals surface area contributed by atoms with E-state index in [1.807, 2.05) is 42.5 Å². The zero-order valence-electron chi connectivity index (χ0n) is 10.2. The lowest BCUT2D eigenvalue weighted by atomic mass is 10.2. The lowest BCUT2D eigenvalue weighted by Gasteiger charge is -2.04. The number of para-hydroxylation sites is 2. The van der Waals surface area contributed by atoms with E-state index in [1.54, 1.807) is 0 Å². The average molecular weight is 442 g/mol. The predicted molar refractivity (Wildman–Crippen MR) is 90.9 cm³/mol. The Bertz CT molecular complexity index is 767. The Morgan fingerprint density at radius 1 is 1.25 bits per heavy atom. The third kappa shape index (κ3) is 2.71. The van der Waals surface area contributed by atoms with Gasteiger partial charge in [0.2, 0.25) is 5.95 Å². The van der Waals surface area contributed by atoms with Crippen LogP contribution in [0.4, 0.5) is 5.95 Å². The van der Waals surface area contributed by atoms with Crippen molar-refractivity contribution in [2.45, 2.75) is 0 Å². The van der Waals surface area contributed by atoms with Crippen molar-refractivity contribution in [3.8, 4) is 0 Å². The predicted octanol–water partition coefficient (Wildman–Crippen LogP) is 4.18. The van der Waals surface area contributed by atoms with Gasteiger partial charge in [-0.25, -0.2) is 4.98 Å². The molecule has 0 atom stereocenters.